The molecule has 0 radical (unpaired) electrons. The van der Waals surface area contributed by atoms with Crippen molar-refractivity contribution in [3.63, 3.8) is 0 Å². The molecule has 1 unspecified atom stereocenters. The van der Waals surface area contributed by atoms with Crippen molar-refractivity contribution in [2.75, 3.05) is 4.90 Å². The average molecular weight is 257 g/mol. The van der Waals surface area contributed by atoms with Crippen LogP contribution in [0, 0.1) is 5.82 Å². The molecule has 1 heterocycles. The Hall–Kier alpha value is -2.03. The van der Waals surface area contributed by atoms with Gasteiger partial charge in [0.05, 0.1) is 0 Å². The molecular weight excluding hydrogens is 241 g/mol. The zero-order chi connectivity index (χ0) is 13.4. The zero-order valence-corrected chi connectivity index (χ0v) is 10.8. The summed E-state index contributed by atoms with van der Waals surface area (Å²) in [6, 6.07) is 12.7. The molecule has 0 saturated heterocycles. The van der Waals surface area contributed by atoms with Crippen LogP contribution in [0.5, 0.6) is 5.75 Å². The molecule has 2 nitrogen and oxygen atoms in total. The Kier molecular flexibility index (Phi) is 2.90. The Labute approximate surface area is 112 Å². The molecule has 1 N–H and O–H groups in total. The Morgan fingerprint density at radius 1 is 1.26 bits per heavy atom. The van der Waals surface area contributed by atoms with Crippen molar-refractivity contribution in [1.82, 2.24) is 0 Å². The number of phenols is 1. The summed E-state index contributed by atoms with van der Waals surface area (Å²) in [4.78, 5) is 2.21. The van der Waals surface area contributed by atoms with Gasteiger partial charge in [0.25, 0.3) is 0 Å². The number of fused-ring (bicyclic) bond motifs is 1. The normalized spacial score (nSPS) is 17.6. The van der Waals surface area contributed by atoms with Gasteiger partial charge in [-0.2, -0.15) is 0 Å². The lowest BCUT2D eigenvalue weighted by Crippen LogP contribution is -2.28. The number of anilines is 1. The predicted octanol–water partition coefficient (Wildman–Crippen LogP) is 3.48. The standard InChI is InChI=1S/C16H16FNO/c1-11-8-12-4-2-3-5-15(12)18(11)10-13-9-14(17)6-7-16(13)19/h2-7,9,11,19H,8,10H2,1H3. The third-order valence-corrected chi connectivity index (χ3v) is 3.73. The fourth-order valence-electron chi connectivity index (χ4n) is 2.73. The van der Waals surface area contributed by atoms with Gasteiger partial charge in [0.15, 0.2) is 0 Å². The summed E-state index contributed by atoms with van der Waals surface area (Å²) in [5.74, 6) is -0.161. The van der Waals surface area contributed by atoms with Gasteiger partial charge in [0.2, 0.25) is 0 Å². The first kappa shape index (κ1) is 12.0. The highest BCUT2D eigenvalue weighted by atomic mass is 19.1. The first-order chi connectivity index (χ1) is 9.15. The van der Waals surface area contributed by atoms with E-state index >= 15 is 0 Å². The summed E-state index contributed by atoms with van der Waals surface area (Å²) in [6.07, 6.45) is 0.992. The highest BCUT2D eigenvalue weighted by molar-refractivity contribution is 5.59. The molecule has 0 aliphatic carbocycles. The Morgan fingerprint density at radius 2 is 2.05 bits per heavy atom. The molecule has 2 aromatic carbocycles. The molecule has 1 aliphatic rings. The van der Waals surface area contributed by atoms with Crippen LogP contribution < -0.4 is 4.90 Å². The zero-order valence-electron chi connectivity index (χ0n) is 10.8. The Bertz CT molecular complexity index is 611. The van der Waals surface area contributed by atoms with E-state index in [1.54, 1.807) is 0 Å². The van der Waals surface area contributed by atoms with Crippen molar-refractivity contribution in [3.05, 3.63) is 59.4 Å². The van der Waals surface area contributed by atoms with E-state index in [0.717, 1.165) is 6.42 Å². The molecular formula is C16H16FNO. The van der Waals surface area contributed by atoms with Crippen LogP contribution in [0.2, 0.25) is 0 Å². The quantitative estimate of drug-likeness (QED) is 0.890. The average Bonchev–Trinajstić information content (AvgIpc) is 2.71. The second kappa shape index (κ2) is 4.57. The van der Waals surface area contributed by atoms with E-state index in [9.17, 15) is 9.50 Å². The van der Waals surface area contributed by atoms with E-state index in [4.69, 9.17) is 0 Å². The van der Waals surface area contributed by atoms with Crippen molar-refractivity contribution in [3.8, 4) is 5.75 Å². The van der Waals surface area contributed by atoms with Crippen LogP contribution in [0.1, 0.15) is 18.1 Å². The second-order valence-corrected chi connectivity index (χ2v) is 5.08. The summed E-state index contributed by atoms with van der Waals surface area (Å²) < 4.78 is 13.3. The van der Waals surface area contributed by atoms with Crippen LogP contribution in [0.25, 0.3) is 0 Å². The number of hydrogen-bond donors (Lipinski definition) is 1. The molecule has 19 heavy (non-hydrogen) atoms. The molecule has 1 aliphatic heterocycles. The fourth-order valence-corrected chi connectivity index (χ4v) is 2.73. The minimum atomic E-state index is -0.312. The maximum Gasteiger partial charge on any atom is 0.123 e. The van der Waals surface area contributed by atoms with Crippen molar-refractivity contribution >= 4 is 5.69 Å². The molecule has 2 aromatic rings. The third-order valence-electron chi connectivity index (χ3n) is 3.73. The number of nitrogens with zero attached hydrogens (tertiary/aromatic N) is 1. The molecule has 98 valence electrons. The topological polar surface area (TPSA) is 23.5 Å². The highest BCUT2D eigenvalue weighted by Crippen LogP contribution is 2.34. The third kappa shape index (κ3) is 2.16. The molecule has 3 heteroatoms. The number of para-hydroxylation sites is 1. The summed E-state index contributed by atoms with van der Waals surface area (Å²) in [5.41, 5.74) is 3.12. The van der Waals surface area contributed by atoms with Gasteiger partial charge < -0.3 is 10.0 Å². The SMILES string of the molecule is CC1Cc2ccccc2N1Cc1cc(F)ccc1O. The number of hydrogen-bond acceptors (Lipinski definition) is 2. The largest absolute Gasteiger partial charge is 0.508 e. The molecule has 1 atom stereocenters. The van der Waals surface area contributed by atoms with Gasteiger partial charge in [0.1, 0.15) is 11.6 Å². The molecule has 0 amide bonds. The van der Waals surface area contributed by atoms with Gasteiger partial charge in [0, 0.05) is 23.8 Å². The van der Waals surface area contributed by atoms with Crippen molar-refractivity contribution in [2.45, 2.75) is 25.9 Å². The molecule has 0 fully saturated rings. The molecule has 0 bridgehead atoms. The first-order valence-electron chi connectivity index (χ1n) is 6.47. The van der Waals surface area contributed by atoms with Gasteiger partial charge in [-0.25, -0.2) is 4.39 Å². The van der Waals surface area contributed by atoms with Crippen molar-refractivity contribution in [1.29, 1.82) is 0 Å². The van der Waals surface area contributed by atoms with E-state index in [1.165, 1.54) is 29.4 Å². The number of rotatable bonds is 2. The number of aromatic hydroxyl groups is 1. The van der Waals surface area contributed by atoms with Crippen molar-refractivity contribution in [2.24, 2.45) is 0 Å². The molecule has 3 rings (SSSR count). The van der Waals surface area contributed by atoms with Crippen LogP contribution in [0.15, 0.2) is 42.5 Å². The first-order valence-corrected chi connectivity index (χ1v) is 6.47. The lowest BCUT2D eigenvalue weighted by Gasteiger charge is -2.25. The van der Waals surface area contributed by atoms with Gasteiger partial charge in [-0.05, 0) is 43.2 Å². The smallest absolute Gasteiger partial charge is 0.123 e. The summed E-state index contributed by atoms with van der Waals surface area (Å²) >= 11 is 0. The maximum absolute atomic E-state index is 13.3. The Morgan fingerprint density at radius 3 is 2.89 bits per heavy atom. The second-order valence-electron chi connectivity index (χ2n) is 5.08. The number of halogens is 1. The Balaban J connectivity index is 1.93. The van der Waals surface area contributed by atoms with Crippen LogP contribution in [0.4, 0.5) is 10.1 Å². The van der Waals surface area contributed by atoms with E-state index in [0.29, 0.717) is 18.2 Å². The summed E-state index contributed by atoms with van der Waals surface area (Å²) in [6.45, 7) is 2.68. The predicted molar refractivity (Wildman–Crippen MR) is 73.9 cm³/mol. The highest BCUT2D eigenvalue weighted by Gasteiger charge is 2.26. The lowest BCUT2D eigenvalue weighted by atomic mass is 10.1. The van der Waals surface area contributed by atoms with Crippen LogP contribution in [0.3, 0.4) is 0 Å². The maximum atomic E-state index is 13.3. The van der Waals surface area contributed by atoms with Crippen molar-refractivity contribution < 1.29 is 9.50 Å². The van der Waals surface area contributed by atoms with E-state index in [2.05, 4.69) is 24.0 Å². The van der Waals surface area contributed by atoms with E-state index < -0.39 is 0 Å². The van der Waals surface area contributed by atoms with E-state index in [1.807, 2.05) is 12.1 Å². The van der Waals surface area contributed by atoms with Gasteiger partial charge in [-0.1, -0.05) is 18.2 Å². The summed E-state index contributed by atoms with van der Waals surface area (Å²) in [5, 5.41) is 9.84. The molecule has 0 aromatic heterocycles. The minimum absolute atomic E-state index is 0.151. The van der Waals surface area contributed by atoms with Gasteiger partial charge >= 0.3 is 0 Å². The number of benzene rings is 2. The molecule has 0 spiro atoms. The monoisotopic (exact) mass is 257 g/mol. The van der Waals surface area contributed by atoms with Crippen LogP contribution >= 0.6 is 0 Å². The fraction of sp³-hybridized carbons (Fsp3) is 0.250. The summed E-state index contributed by atoms with van der Waals surface area (Å²) in [7, 11) is 0. The minimum Gasteiger partial charge on any atom is -0.508 e. The van der Waals surface area contributed by atoms with Gasteiger partial charge in [-0.15, -0.1) is 0 Å². The van der Waals surface area contributed by atoms with Gasteiger partial charge in [-0.3, -0.25) is 0 Å². The number of phenolic OH excluding ortho intramolecular Hbond substituents is 1. The van der Waals surface area contributed by atoms with E-state index in [-0.39, 0.29) is 11.6 Å². The lowest BCUT2D eigenvalue weighted by molar-refractivity contribution is 0.463. The van der Waals surface area contributed by atoms with Crippen LogP contribution in [-0.4, -0.2) is 11.1 Å². The van der Waals surface area contributed by atoms with Crippen LogP contribution in [-0.2, 0) is 13.0 Å². The molecule has 0 saturated carbocycles.